The molecule has 0 radical (unpaired) electrons. The smallest absolute Gasteiger partial charge is 0.220 e. The second kappa shape index (κ2) is 8.31. The van der Waals surface area contributed by atoms with Crippen LogP contribution in [0.4, 0.5) is 4.39 Å². The van der Waals surface area contributed by atoms with Crippen molar-refractivity contribution >= 4 is 27.7 Å². The highest BCUT2D eigenvalue weighted by Gasteiger charge is 2.26. The topological polar surface area (TPSA) is 76.2 Å². The number of amides is 1. The summed E-state index contributed by atoms with van der Waals surface area (Å²) in [6, 6.07) is 12.6. The van der Waals surface area contributed by atoms with Crippen LogP contribution in [0.2, 0.25) is 0 Å². The molecule has 1 amide bonds. The lowest BCUT2D eigenvalue weighted by molar-refractivity contribution is -0.122. The van der Waals surface area contributed by atoms with E-state index in [-0.39, 0.29) is 23.7 Å². The van der Waals surface area contributed by atoms with Crippen LogP contribution in [0.25, 0.3) is 21.8 Å². The van der Waals surface area contributed by atoms with Crippen LogP contribution in [-0.2, 0) is 17.6 Å². The normalized spacial score (nSPS) is 19.2. The Kier molecular flexibility index (Phi) is 5.12. The van der Waals surface area contributed by atoms with Gasteiger partial charge in [0.15, 0.2) is 11.5 Å². The number of halogens is 1. The molecule has 0 saturated carbocycles. The van der Waals surface area contributed by atoms with E-state index in [1.54, 1.807) is 12.1 Å². The first-order valence-electron chi connectivity index (χ1n) is 11.8. The van der Waals surface area contributed by atoms with Crippen LogP contribution in [-0.4, -0.2) is 35.1 Å². The van der Waals surface area contributed by atoms with E-state index in [4.69, 9.17) is 9.47 Å². The number of pyridine rings is 1. The number of nitrogens with one attached hydrogen (secondary N) is 2. The number of carbonyl (C=O) groups is 1. The summed E-state index contributed by atoms with van der Waals surface area (Å²) < 4.78 is 25.8. The van der Waals surface area contributed by atoms with Gasteiger partial charge >= 0.3 is 0 Å². The molecule has 4 aromatic rings. The van der Waals surface area contributed by atoms with Gasteiger partial charge < -0.3 is 19.8 Å². The highest BCUT2D eigenvalue weighted by molar-refractivity contribution is 5.88. The predicted molar refractivity (Wildman–Crippen MR) is 128 cm³/mol. The van der Waals surface area contributed by atoms with Crippen molar-refractivity contribution in [3.8, 4) is 11.5 Å². The number of benzene rings is 2. The Balaban J connectivity index is 1.07. The summed E-state index contributed by atoms with van der Waals surface area (Å²) in [7, 11) is 0. The van der Waals surface area contributed by atoms with E-state index in [1.165, 1.54) is 11.6 Å². The number of aromatic nitrogens is 2. The van der Waals surface area contributed by atoms with Crippen LogP contribution < -0.4 is 14.8 Å². The van der Waals surface area contributed by atoms with Crippen LogP contribution >= 0.6 is 0 Å². The van der Waals surface area contributed by atoms with Crippen molar-refractivity contribution in [3.05, 3.63) is 65.2 Å². The molecule has 6 rings (SSSR count). The van der Waals surface area contributed by atoms with Crippen molar-refractivity contribution < 1.29 is 18.7 Å². The first kappa shape index (κ1) is 21.0. The van der Waals surface area contributed by atoms with Crippen LogP contribution in [0.3, 0.4) is 0 Å². The number of H-pyrrole nitrogens is 1. The van der Waals surface area contributed by atoms with E-state index < -0.39 is 0 Å². The number of rotatable bonds is 4. The zero-order valence-corrected chi connectivity index (χ0v) is 19.0. The third kappa shape index (κ3) is 3.85. The fourth-order valence-corrected chi connectivity index (χ4v) is 5.19. The highest BCUT2D eigenvalue weighted by atomic mass is 19.1. The van der Waals surface area contributed by atoms with Crippen LogP contribution in [0.5, 0.6) is 11.5 Å². The molecule has 1 aliphatic heterocycles. The average Bonchev–Trinajstić information content (AvgIpc) is 3.19. The molecule has 2 atom stereocenters. The standard InChI is InChI=1S/C27H26FN3O3/c1-15-2-5-20-22(30-15)8-9-25-27(20)34-18(14-33-25)13-29-26(32)11-16-3-6-19-21-12-17(28)4-7-23(21)31-24(19)10-16/h2,4-5,7-9,12,16,18,31H,3,6,10-11,13-14H2,1H3,(H,29,32)/t16?,18-/m0/s1. The summed E-state index contributed by atoms with van der Waals surface area (Å²) in [6.45, 7) is 2.73. The monoisotopic (exact) mass is 459 g/mol. The average molecular weight is 460 g/mol. The molecule has 0 bridgehead atoms. The molecule has 6 nitrogen and oxygen atoms in total. The van der Waals surface area contributed by atoms with Gasteiger partial charge in [0.1, 0.15) is 18.5 Å². The molecule has 3 heterocycles. The molecule has 34 heavy (non-hydrogen) atoms. The Morgan fingerprint density at radius 3 is 3.03 bits per heavy atom. The highest BCUT2D eigenvalue weighted by Crippen LogP contribution is 2.38. The van der Waals surface area contributed by atoms with Crippen LogP contribution in [0, 0.1) is 18.7 Å². The zero-order chi connectivity index (χ0) is 23.2. The van der Waals surface area contributed by atoms with Gasteiger partial charge in [-0.3, -0.25) is 9.78 Å². The quantitative estimate of drug-likeness (QED) is 0.467. The number of aryl methyl sites for hydroxylation is 2. The molecule has 2 aromatic carbocycles. The fraction of sp³-hybridized carbons (Fsp3) is 0.333. The second-order valence-corrected chi connectivity index (χ2v) is 9.35. The van der Waals surface area contributed by atoms with Crippen molar-refractivity contribution in [2.24, 2.45) is 5.92 Å². The van der Waals surface area contributed by atoms with Gasteiger partial charge in [-0.25, -0.2) is 4.39 Å². The predicted octanol–water partition coefficient (Wildman–Crippen LogP) is 4.61. The number of fused-ring (bicyclic) bond motifs is 6. The fourth-order valence-electron chi connectivity index (χ4n) is 5.19. The molecule has 0 fully saturated rings. The second-order valence-electron chi connectivity index (χ2n) is 9.35. The molecule has 2 N–H and O–H groups in total. The largest absolute Gasteiger partial charge is 0.486 e. The van der Waals surface area contributed by atoms with E-state index in [2.05, 4.69) is 15.3 Å². The van der Waals surface area contributed by atoms with E-state index in [9.17, 15) is 9.18 Å². The lowest BCUT2D eigenvalue weighted by Gasteiger charge is -2.28. The molecular formula is C27H26FN3O3. The minimum Gasteiger partial charge on any atom is -0.486 e. The number of ether oxygens (including phenoxy) is 2. The van der Waals surface area contributed by atoms with Gasteiger partial charge in [0, 0.05) is 34.1 Å². The van der Waals surface area contributed by atoms with E-state index in [0.717, 1.165) is 52.5 Å². The maximum atomic E-state index is 13.7. The van der Waals surface area contributed by atoms with Crippen LogP contribution in [0.1, 0.15) is 29.8 Å². The van der Waals surface area contributed by atoms with Crippen molar-refractivity contribution in [3.63, 3.8) is 0 Å². The van der Waals surface area contributed by atoms with Gasteiger partial charge in [-0.05, 0) is 80.1 Å². The van der Waals surface area contributed by atoms with Crippen molar-refractivity contribution in [2.75, 3.05) is 13.2 Å². The summed E-state index contributed by atoms with van der Waals surface area (Å²) >= 11 is 0. The lowest BCUT2D eigenvalue weighted by atomic mass is 9.85. The third-order valence-electron chi connectivity index (χ3n) is 6.89. The van der Waals surface area contributed by atoms with Gasteiger partial charge in [0.25, 0.3) is 0 Å². The Bertz CT molecular complexity index is 1410. The minimum absolute atomic E-state index is 0.0141. The molecule has 174 valence electrons. The van der Waals surface area contributed by atoms with Crippen molar-refractivity contribution in [1.82, 2.24) is 15.3 Å². The van der Waals surface area contributed by atoms with Gasteiger partial charge in [0.2, 0.25) is 5.91 Å². The summed E-state index contributed by atoms with van der Waals surface area (Å²) in [5.74, 6) is 1.45. The molecular weight excluding hydrogens is 433 g/mol. The SMILES string of the molecule is Cc1ccc2c3c(ccc2n1)OC[C@H](CNC(=O)CC1CCc2c([nH]c4ccc(F)cc24)C1)O3. The Morgan fingerprint density at radius 2 is 2.12 bits per heavy atom. The molecule has 1 unspecified atom stereocenters. The van der Waals surface area contributed by atoms with E-state index >= 15 is 0 Å². The Hall–Kier alpha value is -3.61. The molecule has 2 aliphatic rings. The van der Waals surface area contributed by atoms with E-state index in [0.29, 0.717) is 31.1 Å². The first-order valence-corrected chi connectivity index (χ1v) is 11.8. The molecule has 1 aliphatic carbocycles. The number of hydrogen-bond donors (Lipinski definition) is 2. The summed E-state index contributed by atoms with van der Waals surface area (Å²) in [6.07, 6.45) is 2.77. The third-order valence-corrected chi connectivity index (χ3v) is 6.89. The zero-order valence-electron chi connectivity index (χ0n) is 19.0. The Morgan fingerprint density at radius 1 is 1.21 bits per heavy atom. The lowest BCUT2D eigenvalue weighted by Crippen LogP contribution is -2.41. The summed E-state index contributed by atoms with van der Waals surface area (Å²) in [5.41, 5.74) is 5.09. The van der Waals surface area contributed by atoms with Gasteiger partial charge in [-0.2, -0.15) is 0 Å². The maximum absolute atomic E-state index is 13.7. The minimum atomic E-state index is -0.259. The molecule has 7 heteroatoms. The number of nitrogens with zero attached hydrogens (tertiary/aromatic N) is 1. The first-order chi connectivity index (χ1) is 16.5. The van der Waals surface area contributed by atoms with Crippen molar-refractivity contribution in [1.29, 1.82) is 0 Å². The number of aromatic amines is 1. The van der Waals surface area contributed by atoms with Gasteiger partial charge in [-0.15, -0.1) is 0 Å². The van der Waals surface area contributed by atoms with Gasteiger partial charge in [-0.1, -0.05) is 0 Å². The number of carbonyl (C=O) groups excluding carboxylic acids is 1. The maximum Gasteiger partial charge on any atom is 0.220 e. The number of hydrogen-bond acceptors (Lipinski definition) is 4. The van der Waals surface area contributed by atoms with E-state index in [1.807, 2.05) is 31.2 Å². The molecule has 2 aromatic heterocycles. The van der Waals surface area contributed by atoms with Crippen molar-refractivity contribution in [2.45, 2.75) is 38.7 Å². The molecule has 0 saturated heterocycles. The van der Waals surface area contributed by atoms with Crippen LogP contribution in [0.15, 0.2) is 42.5 Å². The van der Waals surface area contributed by atoms with Gasteiger partial charge in [0.05, 0.1) is 12.1 Å². The summed E-state index contributed by atoms with van der Waals surface area (Å²) in [4.78, 5) is 20.7. The molecule has 0 spiro atoms. The summed E-state index contributed by atoms with van der Waals surface area (Å²) in [5, 5.41) is 4.90. The Labute approximate surface area is 196 Å².